The van der Waals surface area contributed by atoms with Crippen LogP contribution >= 0.6 is 0 Å². The number of hydrogen-bond donors (Lipinski definition) is 0. The molecular weight excluding hydrogens is 536 g/mol. The average Bonchev–Trinajstić information content (AvgIpc) is 3.07. The number of nitrogens with zero attached hydrogens (tertiary/aromatic N) is 4. The van der Waals surface area contributed by atoms with Gasteiger partial charge in [0.1, 0.15) is 0 Å². The van der Waals surface area contributed by atoms with Gasteiger partial charge in [0.25, 0.3) is 0 Å². The summed E-state index contributed by atoms with van der Waals surface area (Å²) in [5.74, 6) is 4.38. The Morgan fingerprint density at radius 1 is 0.523 bits per heavy atom. The van der Waals surface area contributed by atoms with Gasteiger partial charge < -0.3 is 0 Å². The minimum Gasteiger partial charge on any atom is -0.208 e. The number of nitriles is 1. The maximum Gasteiger partial charge on any atom is 0.164 e. The second-order valence-electron chi connectivity index (χ2n) is 13.5. The maximum atomic E-state index is 10.2. The molecule has 0 N–H and O–H groups in total. The number of fused-ring (bicyclic) bond motifs is 2. The Morgan fingerprint density at radius 2 is 1.00 bits per heavy atom. The van der Waals surface area contributed by atoms with E-state index in [4.69, 9.17) is 15.0 Å². The molecule has 0 unspecified atom stereocenters. The first-order valence-electron chi connectivity index (χ1n) is 15.9. The summed E-state index contributed by atoms with van der Waals surface area (Å²) in [6, 6.07) is 38.4. The van der Waals surface area contributed by atoms with Gasteiger partial charge in [-0.05, 0) is 119 Å². The highest BCUT2D eigenvalue weighted by atomic mass is 15.0. The maximum absolute atomic E-state index is 10.2. The number of benzene rings is 5. The van der Waals surface area contributed by atoms with Crippen LogP contribution in [0.15, 0.2) is 103 Å². The zero-order chi connectivity index (χ0) is 29.3. The zero-order valence-electron chi connectivity index (χ0n) is 24.6. The minimum absolute atomic E-state index is 0.172. The van der Waals surface area contributed by atoms with E-state index in [1.807, 2.05) is 6.07 Å². The Kier molecular flexibility index (Phi) is 5.72. The summed E-state index contributed by atoms with van der Waals surface area (Å²) in [4.78, 5) is 15.2. The Balaban J connectivity index is 1.23. The fourth-order valence-electron chi connectivity index (χ4n) is 9.01. The molecule has 5 aromatic carbocycles. The summed E-state index contributed by atoms with van der Waals surface area (Å²) in [5.41, 5.74) is 4.98. The molecule has 10 rings (SSSR count). The van der Waals surface area contributed by atoms with Crippen molar-refractivity contribution in [3.8, 4) is 40.2 Å². The highest BCUT2D eigenvalue weighted by Gasteiger charge is 2.51. The van der Waals surface area contributed by atoms with E-state index in [1.165, 1.54) is 54.9 Å². The van der Waals surface area contributed by atoms with E-state index in [2.05, 4.69) is 103 Å². The van der Waals surface area contributed by atoms with Crippen LogP contribution in [0.5, 0.6) is 0 Å². The molecule has 4 bridgehead atoms. The first-order chi connectivity index (χ1) is 21.6. The van der Waals surface area contributed by atoms with Crippen LogP contribution in [0, 0.1) is 29.1 Å². The van der Waals surface area contributed by atoms with E-state index in [0.717, 1.165) is 45.2 Å². The molecule has 0 spiro atoms. The molecule has 0 saturated heterocycles. The molecule has 212 valence electrons. The van der Waals surface area contributed by atoms with Gasteiger partial charge in [0.2, 0.25) is 0 Å². The second kappa shape index (κ2) is 9.82. The highest BCUT2D eigenvalue weighted by Crippen LogP contribution is 2.61. The lowest BCUT2D eigenvalue weighted by molar-refractivity contribution is -0.00518. The van der Waals surface area contributed by atoms with Crippen molar-refractivity contribution < 1.29 is 0 Å². The molecule has 0 atom stereocenters. The van der Waals surface area contributed by atoms with Gasteiger partial charge in [-0.1, -0.05) is 72.8 Å². The summed E-state index contributed by atoms with van der Waals surface area (Å²) in [7, 11) is 0. The smallest absolute Gasteiger partial charge is 0.164 e. The molecule has 1 heterocycles. The predicted octanol–water partition coefficient (Wildman–Crippen LogP) is 9.52. The third-order valence-electron chi connectivity index (χ3n) is 10.6. The molecule has 44 heavy (non-hydrogen) atoms. The lowest BCUT2D eigenvalue weighted by Gasteiger charge is -2.57. The topological polar surface area (TPSA) is 62.5 Å². The SMILES string of the molecule is N#Cc1cc(-c2nc(-c3ccc4ccccc4c3)nc(-c3ccc4ccccc4c3)n2)cc(C23CC4C[C@H](C2)C[C@@H](C4)C3)c1. The van der Waals surface area contributed by atoms with Crippen molar-refractivity contribution in [2.75, 3.05) is 0 Å². The van der Waals surface area contributed by atoms with E-state index < -0.39 is 0 Å². The van der Waals surface area contributed by atoms with Crippen molar-refractivity contribution >= 4 is 21.5 Å². The van der Waals surface area contributed by atoms with Gasteiger partial charge >= 0.3 is 0 Å². The summed E-state index contributed by atoms with van der Waals surface area (Å²) in [6.07, 6.45) is 7.91. The Morgan fingerprint density at radius 3 is 1.50 bits per heavy atom. The van der Waals surface area contributed by atoms with E-state index in [1.54, 1.807) is 0 Å². The van der Waals surface area contributed by atoms with Crippen molar-refractivity contribution in [1.82, 2.24) is 15.0 Å². The van der Waals surface area contributed by atoms with Crippen molar-refractivity contribution in [3.05, 3.63) is 114 Å². The molecule has 6 aromatic rings. The minimum atomic E-state index is 0.172. The van der Waals surface area contributed by atoms with Gasteiger partial charge in [-0.2, -0.15) is 5.26 Å². The molecule has 0 amide bonds. The van der Waals surface area contributed by atoms with Crippen LogP contribution in [0.4, 0.5) is 0 Å². The molecule has 4 aliphatic carbocycles. The van der Waals surface area contributed by atoms with E-state index in [9.17, 15) is 5.26 Å². The van der Waals surface area contributed by atoms with Crippen LogP contribution in [-0.2, 0) is 5.41 Å². The summed E-state index contributed by atoms with van der Waals surface area (Å²) >= 11 is 0. The average molecular weight is 569 g/mol. The zero-order valence-corrected chi connectivity index (χ0v) is 24.6. The standard InChI is InChI=1S/C40H32N4/c41-24-28-16-35(20-36(17-28)40-21-25-13-26(22-40)15-27(14-25)23-40)39-43-37(33-11-9-29-5-1-3-7-31(29)18-33)42-38(44-39)34-12-10-30-6-2-4-8-32(30)19-34/h1-12,16-20,25-27H,13-15,21-23H2/t25-,26+,27?,40?. The summed E-state index contributed by atoms with van der Waals surface area (Å²) in [6.45, 7) is 0. The van der Waals surface area contributed by atoms with Crippen LogP contribution in [0.3, 0.4) is 0 Å². The molecule has 4 fully saturated rings. The Bertz CT molecular complexity index is 2010. The van der Waals surface area contributed by atoms with Crippen LogP contribution in [0.1, 0.15) is 49.7 Å². The van der Waals surface area contributed by atoms with Crippen molar-refractivity contribution in [3.63, 3.8) is 0 Å². The van der Waals surface area contributed by atoms with Gasteiger partial charge in [-0.3, -0.25) is 0 Å². The summed E-state index contributed by atoms with van der Waals surface area (Å²) < 4.78 is 0. The van der Waals surface area contributed by atoms with Crippen molar-refractivity contribution in [1.29, 1.82) is 5.26 Å². The van der Waals surface area contributed by atoms with E-state index in [0.29, 0.717) is 23.0 Å². The molecule has 0 radical (unpaired) electrons. The van der Waals surface area contributed by atoms with E-state index in [-0.39, 0.29) is 5.41 Å². The predicted molar refractivity (Wildman–Crippen MR) is 176 cm³/mol. The summed E-state index contributed by atoms with van der Waals surface area (Å²) in [5, 5.41) is 14.8. The van der Waals surface area contributed by atoms with Crippen LogP contribution < -0.4 is 0 Å². The largest absolute Gasteiger partial charge is 0.208 e. The molecular formula is C40H32N4. The van der Waals surface area contributed by atoms with Gasteiger partial charge in [-0.15, -0.1) is 0 Å². The lowest BCUT2D eigenvalue weighted by atomic mass is 9.48. The number of hydrogen-bond acceptors (Lipinski definition) is 4. The molecule has 4 saturated carbocycles. The van der Waals surface area contributed by atoms with Crippen LogP contribution in [0.2, 0.25) is 0 Å². The monoisotopic (exact) mass is 568 g/mol. The Labute approximate surface area is 257 Å². The molecule has 4 nitrogen and oxygen atoms in total. The molecule has 4 heteroatoms. The van der Waals surface area contributed by atoms with Gasteiger partial charge in [0.15, 0.2) is 17.5 Å². The van der Waals surface area contributed by atoms with E-state index >= 15 is 0 Å². The number of aromatic nitrogens is 3. The lowest BCUT2D eigenvalue weighted by Crippen LogP contribution is -2.48. The first-order valence-corrected chi connectivity index (χ1v) is 15.9. The van der Waals surface area contributed by atoms with Crippen LogP contribution in [-0.4, -0.2) is 15.0 Å². The molecule has 0 aliphatic heterocycles. The van der Waals surface area contributed by atoms with Gasteiger partial charge in [0.05, 0.1) is 11.6 Å². The Hall–Kier alpha value is -4.88. The van der Waals surface area contributed by atoms with Crippen molar-refractivity contribution in [2.24, 2.45) is 17.8 Å². The van der Waals surface area contributed by atoms with Gasteiger partial charge in [-0.25, -0.2) is 15.0 Å². The highest BCUT2D eigenvalue weighted by molar-refractivity contribution is 5.88. The quantitative estimate of drug-likeness (QED) is 0.212. The third-order valence-corrected chi connectivity index (χ3v) is 10.6. The fourth-order valence-corrected chi connectivity index (χ4v) is 9.01. The van der Waals surface area contributed by atoms with Gasteiger partial charge in [0, 0.05) is 16.7 Å². The first kappa shape index (κ1) is 25.6. The number of rotatable bonds is 4. The fraction of sp³-hybridized carbons (Fsp3) is 0.250. The normalized spacial score (nSPS) is 23.7. The second-order valence-corrected chi connectivity index (χ2v) is 13.5. The molecule has 1 aromatic heterocycles. The third kappa shape index (κ3) is 4.30. The van der Waals surface area contributed by atoms with Crippen LogP contribution in [0.25, 0.3) is 55.7 Å². The molecule has 4 aliphatic rings. The van der Waals surface area contributed by atoms with Crippen molar-refractivity contribution in [2.45, 2.75) is 43.9 Å².